The van der Waals surface area contributed by atoms with E-state index < -0.39 is 23.6 Å². The van der Waals surface area contributed by atoms with Crippen LogP contribution in [0, 0.1) is 0 Å². The number of carbonyl (C=O) groups excluding carboxylic acids is 1. The van der Waals surface area contributed by atoms with Gasteiger partial charge in [0.05, 0.1) is 29.0 Å². The summed E-state index contributed by atoms with van der Waals surface area (Å²) < 4.78 is 18.7. The van der Waals surface area contributed by atoms with Crippen LogP contribution in [-0.4, -0.2) is 23.2 Å². The summed E-state index contributed by atoms with van der Waals surface area (Å²) in [6.07, 6.45) is 0.603. The maximum absolute atomic E-state index is 13.7. The maximum atomic E-state index is 13.7. The number of ether oxygens (including phenoxy) is 2. The molecule has 0 N–H and O–H groups in total. The molecule has 2 aliphatic rings. The first-order valence-corrected chi connectivity index (χ1v) is 11.1. The van der Waals surface area contributed by atoms with Crippen molar-refractivity contribution in [1.29, 1.82) is 0 Å². The highest BCUT2D eigenvalue weighted by Crippen LogP contribution is 2.44. The smallest absolute Gasteiger partial charge is 0.348 e. The number of aromatic nitrogens is 1. The number of hydrogen-bond donors (Lipinski definition) is 0. The van der Waals surface area contributed by atoms with E-state index in [4.69, 9.17) is 13.9 Å². The van der Waals surface area contributed by atoms with Gasteiger partial charge >= 0.3 is 11.6 Å². The van der Waals surface area contributed by atoms with E-state index in [1.54, 1.807) is 41.8 Å². The Hall–Kier alpha value is -3.87. The van der Waals surface area contributed by atoms with Crippen LogP contribution in [0.2, 0.25) is 0 Å². The molecule has 33 heavy (non-hydrogen) atoms. The molecule has 166 valence electrons. The van der Waals surface area contributed by atoms with Gasteiger partial charge in [0, 0.05) is 12.1 Å². The summed E-state index contributed by atoms with van der Waals surface area (Å²) in [6.45, 7) is 2.44. The maximum Gasteiger partial charge on any atom is 0.348 e. The molecule has 0 saturated heterocycles. The molecular formula is C26H21NO6. The van der Waals surface area contributed by atoms with Crippen LogP contribution in [0.5, 0.6) is 5.75 Å². The van der Waals surface area contributed by atoms with Crippen molar-refractivity contribution in [3.63, 3.8) is 0 Å². The molecule has 2 aromatic heterocycles. The van der Waals surface area contributed by atoms with Crippen molar-refractivity contribution < 1.29 is 18.7 Å². The van der Waals surface area contributed by atoms with Crippen LogP contribution in [0.25, 0.3) is 21.9 Å². The highest BCUT2D eigenvalue weighted by molar-refractivity contribution is 5.89. The number of esters is 1. The standard InChI is InChI=1S/C26H21NO6/c1-2-31-26(30)23-19(20-22(33-23)16-10-3-4-11-18(16)32-25(20)29)17-13-15-8-5-7-14-9-6-12-27(21(14)15)24(17)28/h3-5,7-8,10-11,13,19,23H,2,6,9,12H2,1H3/t19-,23+/m0/s1. The molecule has 4 heterocycles. The van der Waals surface area contributed by atoms with Crippen molar-refractivity contribution in [2.45, 2.75) is 38.3 Å². The molecule has 2 aliphatic heterocycles. The minimum Gasteiger partial charge on any atom is -0.476 e. The van der Waals surface area contributed by atoms with Gasteiger partial charge in [-0.3, -0.25) is 4.79 Å². The number of aryl methyl sites for hydroxylation is 2. The highest BCUT2D eigenvalue weighted by Gasteiger charge is 2.46. The Bertz CT molecular complexity index is 1560. The van der Waals surface area contributed by atoms with E-state index in [2.05, 4.69) is 0 Å². The molecule has 7 heteroatoms. The second kappa shape index (κ2) is 7.33. The van der Waals surface area contributed by atoms with Gasteiger partial charge in [-0.2, -0.15) is 0 Å². The fourth-order valence-corrected chi connectivity index (χ4v) is 5.21. The molecular weight excluding hydrogens is 422 g/mol. The number of para-hydroxylation sites is 2. The van der Waals surface area contributed by atoms with Crippen LogP contribution in [0.4, 0.5) is 0 Å². The number of carbonyl (C=O) groups is 1. The third-order valence-electron chi connectivity index (χ3n) is 6.56. The summed E-state index contributed by atoms with van der Waals surface area (Å²) in [5.74, 6) is -1.27. The second-order valence-corrected chi connectivity index (χ2v) is 8.41. The van der Waals surface area contributed by atoms with Crippen LogP contribution < -0.4 is 15.9 Å². The molecule has 0 radical (unpaired) electrons. The lowest BCUT2D eigenvalue weighted by molar-refractivity contribution is -0.151. The Morgan fingerprint density at radius 1 is 1.15 bits per heavy atom. The van der Waals surface area contributed by atoms with Gasteiger partial charge in [-0.05, 0) is 48.9 Å². The first-order chi connectivity index (χ1) is 16.1. The molecule has 0 fully saturated rings. The molecule has 0 unspecified atom stereocenters. The first-order valence-electron chi connectivity index (χ1n) is 11.1. The molecule has 6 rings (SSSR count). The van der Waals surface area contributed by atoms with Gasteiger partial charge in [0.25, 0.3) is 5.56 Å². The fraction of sp³-hybridized carbons (Fsp3) is 0.269. The van der Waals surface area contributed by atoms with Crippen molar-refractivity contribution >= 4 is 27.8 Å². The van der Waals surface area contributed by atoms with Crippen molar-refractivity contribution in [2.24, 2.45) is 0 Å². The monoisotopic (exact) mass is 443 g/mol. The lowest BCUT2D eigenvalue weighted by Gasteiger charge is -2.23. The van der Waals surface area contributed by atoms with Crippen LogP contribution >= 0.6 is 0 Å². The average molecular weight is 443 g/mol. The summed E-state index contributed by atoms with van der Waals surface area (Å²) in [5.41, 5.74) is 2.07. The number of nitrogens with zero attached hydrogens (tertiary/aromatic N) is 1. The van der Waals surface area contributed by atoms with Gasteiger partial charge in [0.1, 0.15) is 11.3 Å². The van der Waals surface area contributed by atoms with E-state index in [1.165, 1.54) is 0 Å². The molecule has 0 aliphatic carbocycles. The Morgan fingerprint density at radius 3 is 2.85 bits per heavy atom. The van der Waals surface area contributed by atoms with E-state index in [0.717, 1.165) is 29.3 Å². The van der Waals surface area contributed by atoms with Gasteiger partial charge in [-0.1, -0.05) is 30.3 Å². The van der Waals surface area contributed by atoms with Crippen molar-refractivity contribution in [3.05, 3.63) is 86.0 Å². The van der Waals surface area contributed by atoms with Gasteiger partial charge in [0.2, 0.25) is 6.10 Å². The third kappa shape index (κ3) is 2.85. The highest BCUT2D eigenvalue weighted by atomic mass is 16.6. The number of rotatable bonds is 3. The second-order valence-electron chi connectivity index (χ2n) is 8.41. The van der Waals surface area contributed by atoms with Crippen molar-refractivity contribution in [2.75, 3.05) is 6.61 Å². The molecule has 2 aromatic carbocycles. The zero-order valence-corrected chi connectivity index (χ0v) is 18.0. The largest absolute Gasteiger partial charge is 0.476 e. The Kier molecular flexibility index (Phi) is 4.40. The topological polar surface area (TPSA) is 87.7 Å². The predicted octanol–water partition coefficient (Wildman–Crippen LogP) is 3.51. The molecule has 7 nitrogen and oxygen atoms in total. The van der Waals surface area contributed by atoms with Crippen molar-refractivity contribution in [3.8, 4) is 5.75 Å². The summed E-state index contributed by atoms with van der Waals surface area (Å²) in [7, 11) is 0. The zero-order chi connectivity index (χ0) is 22.7. The molecule has 4 aromatic rings. The van der Waals surface area contributed by atoms with Crippen LogP contribution in [0.15, 0.2) is 62.5 Å². The quantitative estimate of drug-likeness (QED) is 0.356. The third-order valence-corrected chi connectivity index (χ3v) is 6.56. The Morgan fingerprint density at radius 2 is 2.00 bits per heavy atom. The van der Waals surface area contributed by atoms with Crippen LogP contribution in [0.3, 0.4) is 0 Å². The molecule has 0 amide bonds. The van der Waals surface area contributed by atoms with Gasteiger partial charge in [-0.15, -0.1) is 0 Å². The molecule has 0 saturated carbocycles. The fourth-order valence-electron chi connectivity index (χ4n) is 5.21. The Balaban J connectivity index is 1.66. The van der Waals surface area contributed by atoms with E-state index in [-0.39, 0.29) is 23.5 Å². The zero-order valence-electron chi connectivity index (χ0n) is 18.0. The van der Waals surface area contributed by atoms with Gasteiger partial charge < -0.3 is 18.5 Å². The van der Waals surface area contributed by atoms with Gasteiger partial charge in [0.15, 0.2) is 0 Å². The van der Waals surface area contributed by atoms with Crippen LogP contribution in [-0.2, 0) is 22.5 Å². The first kappa shape index (κ1) is 19.8. The summed E-state index contributed by atoms with van der Waals surface area (Å²) >= 11 is 0. The number of pyridine rings is 1. The lowest BCUT2D eigenvalue weighted by Crippen LogP contribution is -2.37. The number of benzene rings is 2. The van der Waals surface area contributed by atoms with E-state index >= 15 is 0 Å². The van der Waals surface area contributed by atoms with E-state index in [1.807, 2.05) is 18.2 Å². The van der Waals surface area contributed by atoms with Gasteiger partial charge in [-0.25, -0.2) is 9.59 Å². The molecule has 2 atom stereocenters. The lowest BCUT2D eigenvalue weighted by atomic mass is 9.87. The summed E-state index contributed by atoms with van der Waals surface area (Å²) in [6, 6.07) is 14.7. The number of hydrogen-bond acceptors (Lipinski definition) is 6. The summed E-state index contributed by atoms with van der Waals surface area (Å²) in [4.78, 5) is 39.8. The predicted molar refractivity (Wildman–Crippen MR) is 122 cm³/mol. The Labute approximate surface area is 188 Å². The molecule has 0 spiro atoms. The number of fused-ring (bicyclic) bond motifs is 3. The average Bonchev–Trinajstić information content (AvgIpc) is 3.23. The summed E-state index contributed by atoms with van der Waals surface area (Å²) in [5, 5.41) is 1.47. The SMILES string of the molecule is CCOC(=O)[C@@H]1Oc2c(c(=O)oc3ccccc23)[C@@H]1c1cc2cccc3c2n(c1=O)CCC3. The molecule has 0 bridgehead atoms. The normalized spacial score (nSPS) is 18.8. The minimum atomic E-state index is -1.15. The van der Waals surface area contributed by atoms with E-state index in [9.17, 15) is 14.4 Å². The van der Waals surface area contributed by atoms with Crippen molar-refractivity contribution in [1.82, 2.24) is 4.57 Å². The van der Waals surface area contributed by atoms with E-state index in [0.29, 0.717) is 23.1 Å². The minimum absolute atomic E-state index is 0.155. The van der Waals surface area contributed by atoms with Crippen LogP contribution in [0.1, 0.15) is 36.0 Å².